The summed E-state index contributed by atoms with van der Waals surface area (Å²) in [5.74, 6) is -0.329. The molecule has 0 radical (unpaired) electrons. The molecule has 21 heavy (non-hydrogen) atoms. The van der Waals surface area contributed by atoms with E-state index in [-0.39, 0.29) is 18.1 Å². The van der Waals surface area contributed by atoms with E-state index in [4.69, 9.17) is 4.74 Å². The Bertz CT molecular complexity index is 681. The van der Waals surface area contributed by atoms with Crippen LogP contribution < -0.4 is 0 Å². The number of thiazole rings is 1. The Balaban J connectivity index is 2.27. The summed E-state index contributed by atoms with van der Waals surface area (Å²) in [6.45, 7) is 3.95. The highest BCUT2D eigenvalue weighted by molar-refractivity contribution is 7.13. The van der Waals surface area contributed by atoms with Gasteiger partial charge in [-0.15, -0.1) is 11.3 Å². The molecule has 7 heteroatoms. The number of hydrogen-bond donors (Lipinski definition) is 0. The van der Waals surface area contributed by atoms with Gasteiger partial charge < -0.3 is 4.74 Å². The average Bonchev–Trinajstić information content (AvgIpc) is 2.87. The quantitative estimate of drug-likeness (QED) is 0.481. The number of ether oxygens (including phenoxy) is 1. The predicted molar refractivity (Wildman–Crippen MR) is 79.3 cm³/mol. The first-order valence-corrected chi connectivity index (χ1v) is 7.24. The third-order valence-electron chi connectivity index (χ3n) is 2.84. The van der Waals surface area contributed by atoms with Crippen LogP contribution >= 0.6 is 11.3 Å². The second kappa shape index (κ2) is 6.45. The lowest BCUT2D eigenvalue weighted by Gasteiger charge is -2.02. The maximum Gasteiger partial charge on any atom is 0.311 e. The molecule has 0 saturated heterocycles. The Morgan fingerprint density at radius 1 is 1.48 bits per heavy atom. The normalized spacial score (nSPS) is 10.4. The first-order valence-electron chi connectivity index (χ1n) is 6.36. The summed E-state index contributed by atoms with van der Waals surface area (Å²) < 4.78 is 4.87. The number of aryl methyl sites for hydroxylation is 1. The van der Waals surface area contributed by atoms with Crippen molar-refractivity contribution in [2.24, 2.45) is 0 Å². The molecule has 0 aliphatic rings. The molecule has 0 amide bonds. The number of benzene rings is 1. The highest BCUT2D eigenvalue weighted by Gasteiger charge is 2.14. The Hall–Kier alpha value is -2.28. The molecule has 1 aromatic heterocycles. The number of nitro benzene ring substituents is 1. The first-order chi connectivity index (χ1) is 10.0. The standard InChI is InChI=1S/C14H14N2O4S/c1-3-20-13(17)6-10-8-21-14(15-10)12-7-11(16(18)19)5-4-9(12)2/h4-5,7-8H,3,6H2,1-2H3. The van der Waals surface area contributed by atoms with Gasteiger partial charge in [0.1, 0.15) is 5.01 Å². The number of nitrogens with zero attached hydrogens (tertiary/aromatic N) is 2. The zero-order valence-electron chi connectivity index (χ0n) is 11.7. The highest BCUT2D eigenvalue weighted by Crippen LogP contribution is 2.30. The largest absolute Gasteiger partial charge is 0.466 e. The fraction of sp³-hybridized carbons (Fsp3) is 0.286. The smallest absolute Gasteiger partial charge is 0.311 e. The van der Waals surface area contributed by atoms with Gasteiger partial charge >= 0.3 is 5.97 Å². The van der Waals surface area contributed by atoms with Crippen LogP contribution in [0, 0.1) is 17.0 Å². The van der Waals surface area contributed by atoms with Crippen LogP contribution in [0.3, 0.4) is 0 Å². The molecular formula is C14H14N2O4S. The van der Waals surface area contributed by atoms with Gasteiger partial charge in [-0.3, -0.25) is 14.9 Å². The van der Waals surface area contributed by atoms with Gasteiger partial charge in [0, 0.05) is 23.1 Å². The molecule has 2 aromatic rings. The Morgan fingerprint density at radius 2 is 2.24 bits per heavy atom. The molecule has 2 rings (SSSR count). The maximum atomic E-state index is 11.4. The van der Waals surface area contributed by atoms with E-state index in [1.807, 2.05) is 6.92 Å². The fourth-order valence-corrected chi connectivity index (χ4v) is 2.73. The average molecular weight is 306 g/mol. The predicted octanol–water partition coefficient (Wildman–Crippen LogP) is 3.13. The van der Waals surface area contributed by atoms with Crippen molar-refractivity contribution in [2.75, 3.05) is 6.61 Å². The maximum absolute atomic E-state index is 11.4. The lowest BCUT2D eigenvalue weighted by atomic mass is 10.1. The van der Waals surface area contributed by atoms with E-state index in [0.29, 0.717) is 22.9 Å². The van der Waals surface area contributed by atoms with E-state index in [2.05, 4.69) is 4.98 Å². The number of hydrogen-bond acceptors (Lipinski definition) is 6. The minimum absolute atomic E-state index is 0.0257. The molecule has 0 atom stereocenters. The lowest BCUT2D eigenvalue weighted by Crippen LogP contribution is -2.07. The van der Waals surface area contributed by atoms with Crippen molar-refractivity contribution in [3.8, 4) is 10.6 Å². The molecule has 6 nitrogen and oxygen atoms in total. The molecule has 0 unspecified atom stereocenters. The van der Waals surface area contributed by atoms with Crippen molar-refractivity contribution in [1.82, 2.24) is 4.98 Å². The summed E-state index contributed by atoms with van der Waals surface area (Å²) in [5.41, 5.74) is 2.25. The number of carbonyl (C=O) groups excluding carboxylic acids is 1. The van der Waals surface area contributed by atoms with Gasteiger partial charge in [-0.05, 0) is 19.4 Å². The Morgan fingerprint density at radius 3 is 2.90 bits per heavy atom. The SMILES string of the molecule is CCOC(=O)Cc1csc(-c2cc([N+](=O)[O-])ccc2C)n1. The molecule has 0 aliphatic heterocycles. The fourth-order valence-electron chi connectivity index (χ4n) is 1.83. The van der Waals surface area contributed by atoms with Crippen LogP contribution in [-0.2, 0) is 16.0 Å². The number of esters is 1. The minimum Gasteiger partial charge on any atom is -0.466 e. The topological polar surface area (TPSA) is 82.3 Å². The molecule has 0 aliphatic carbocycles. The van der Waals surface area contributed by atoms with Crippen molar-refractivity contribution in [1.29, 1.82) is 0 Å². The van der Waals surface area contributed by atoms with E-state index >= 15 is 0 Å². The van der Waals surface area contributed by atoms with Crippen molar-refractivity contribution in [3.63, 3.8) is 0 Å². The van der Waals surface area contributed by atoms with E-state index in [1.165, 1.54) is 23.5 Å². The van der Waals surface area contributed by atoms with E-state index in [0.717, 1.165) is 5.56 Å². The summed E-state index contributed by atoms with van der Waals surface area (Å²) in [4.78, 5) is 26.2. The van der Waals surface area contributed by atoms with Gasteiger partial charge in [0.2, 0.25) is 0 Å². The van der Waals surface area contributed by atoms with E-state index < -0.39 is 4.92 Å². The number of carbonyl (C=O) groups is 1. The number of non-ortho nitro benzene ring substituents is 1. The van der Waals surface area contributed by atoms with Crippen LogP contribution in [0.1, 0.15) is 18.2 Å². The summed E-state index contributed by atoms with van der Waals surface area (Å²) in [6, 6.07) is 4.66. The van der Waals surface area contributed by atoms with Crippen LogP contribution in [0.25, 0.3) is 10.6 Å². The van der Waals surface area contributed by atoms with Crippen molar-refractivity contribution in [2.45, 2.75) is 20.3 Å². The molecule has 0 spiro atoms. The zero-order chi connectivity index (χ0) is 15.4. The van der Waals surface area contributed by atoms with Gasteiger partial charge in [-0.1, -0.05) is 6.07 Å². The number of aromatic nitrogens is 1. The summed E-state index contributed by atoms with van der Waals surface area (Å²) in [5, 5.41) is 13.3. The van der Waals surface area contributed by atoms with Gasteiger partial charge in [0.25, 0.3) is 5.69 Å². The molecular weight excluding hydrogens is 292 g/mol. The second-order valence-electron chi connectivity index (χ2n) is 4.38. The molecule has 1 heterocycles. The van der Waals surface area contributed by atoms with Crippen molar-refractivity contribution >= 4 is 23.0 Å². The number of rotatable bonds is 5. The molecule has 1 aromatic carbocycles. The van der Waals surface area contributed by atoms with Crippen molar-refractivity contribution < 1.29 is 14.5 Å². The molecule has 0 bridgehead atoms. The minimum atomic E-state index is -0.434. The summed E-state index contributed by atoms with van der Waals surface area (Å²) >= 11 is 1.36. The molecule has 0 saturated carbocycles. The van der Waals surface area contributed by atoms with Crippen LogP contribution in [0.5, 0.6) is 0 Å². The number of nitro groups is 1. The molecule has 110 valence electrons. The Kier molecular flexibility index (Phi) is 4.64. The highest BCUT2D eigenvalue weighted by atomic mass is 32.1. The third kappa shape index (κ3) is 3.63. The lowest BCUT2D eigenvalue weighted by molar-refractivity contribution is -0.384. The first kappa shape index (κ1) is 15.1. The second-order valence-corrected chi connectivity index (χ2v) is 5.24. The van der Waals surface area contributed by atoms with E-state index in [9.17, 15) is 14.9 Å². The van der Waals surface area contributed by atoms with Crippen molar-refractivity contribution in [3.05, 3.63) is 45.0 Å². The molecule has 0 N–H and O–H groups in total. The van der Waals surface area contributed by atoms with Gasteiger partial charge in [0.05, 0.1) is 23.6 Å². The van der Waals surface area contributed by atoms with Gasteiger partial charge in [-0.2, -0.15) is 0 Å². The van der Waals surface area contributed by atoms with Crippen LogP contribution in [-0.4, -0.2) is 22.5 Å². The van der Waals surface area contributed by atoms with Crippen LogP contribution in [0.2, 0.25) is 0 Å². The van der Waals surface area contributed by atoms with E-state index in [1.54, 1.807) is 18.4 Å². The summed E-state index contributed by atoms with van der Waals surface area (Å²) in [6.07, 6.45) is 0.109. The third-order valence-corrected chi connectivity index (χ3v) is 3.77. The monoisotopic (exact) mass is 306 g/mol. The summed E-state index contributed by atoms with van der Waals surface area (Å²) in [7, 11) is 0. The molecule has 0 fully saturated rings. The van der Waals surface area contributed by atoms with Gasteiger partial charge in [-0.25, -0.2) is 4.98 Å². The van der Waals surface area contributed by atoms with Gasteiger partial charge in [0.15, 0.2) is 0 Å². The Labute approximate surface area is 125 Å². The van der Waals surface area contributed by atoms with Crippen LogP contribution in [0.4, 0.5) is 5.69 Å². The zero-order valence-corrected chi connectivity index (χ0v) is 12.5. The van der Waals surface area contributed by atoms with Crippen LogP contribution in [0.15, 0.2) is 23.6 Å².